The van der Waals surface area contributed by atoms with Gasteiger partial charge in [0.1, 0.15) is 23.0 Å². The monoisotopic (exact) mass is 446 g/mol. The first-order valence-corrected chi connectivity index (χ1v) is 9.45. The van der Waals surface area contributed by atoms with Gasteiger partial charge in [-0.05, 0) is 37.1 Å². The molecule has 1 fully saturated rings. The van der Waals surface area contributed by atoms with E-state index in [1.807, 2.05) is 11.0 Å². The van der Waals surface area contributed by atoms with Gasteiger partial charge in [0.2, 0.25) is 0 Å². The zero-order chi connectivity index (χ0) is 19.3. The van der Waals surface area contributed by atoms with E-state index >= 15 is 0 Å². The number of halogens is 3. The van der Waals surface area contributed by atoms with Crippen molar-refractivity contribution in [3.05, 3.63) is 58.7 Å². The van der Waals surface area contributed by atoms with Crippen LogP contribution in [0.4, 0.5) is 14.6 Å². The van der Waals surface area contributed by atoms with E-state index in [9.17, 15) is 8.78 Å². The highest BCUT2D eigenvalue weighted by atomic mass is 79.9. The molecule has 0 bridgehead atoms. The Balaban J connectivity index is 1.57. The second-order valence-electron chi connectivity index (χ2n) is 6.49. The second kappa shape index (κ2) is 6.62. The summed E-state index contributed by atoms with van der Waals surface area (Å²) in [5.74, 6) is 0.0755. The molecule has 4 heterocycles. The smallest absolute Gasteiger partial charge is 0.285 e. The molecule has 0 N–H and O–H groups in total. The van der Waals surface area contributed by atoms with E-state index in [2.05, 4.69) is 31.2 Å². The Kier molecular flexibility index (Phi) is 4.08. The van der Waals surface area contributed by atoms with Crippen molar-refractivity contribution in [2.75, 3.05) is 11.4 Å². The minimum Gasteiger partial charge on any atom is -0.411 e. The third kappa shape index (κ3) is 2.84. The number of rotatable bonds is 3. The molecule has 0 spiro atoms. The highest BCUT2D eigenvalue weighted by Gasteiger charge is 2.30. The van der Waals surface area contributed by atoms with Gasteiger partial charge in [0.05, 0.1) is 12.2 Å². The summed E-state index contributed by atoms with van der Waals surface area (Å²) in [7, 11) is 0. The molecular formula is C18H13BrF2N6O. The highest BCUT2D eigenvalue weighted by molar-refractivity contribution is 9.10. The van der Waals surface area contributed by atoms with E-state index < -0.39 is 11.6 Å². The van der Waals surface area contributed by atoms with Gasteiger partial charge < -0.3 is 9.32 Å². The van der Waals surface area contributed by atoms with Crippen LogP contribution < -0.4 is 4.90 Å². The summed E-state index contributed by atoms with van der Waals surface area (Å²) in [5, 5.41) is 12.0. The van der Waals surface area contributed by atoms with Crippen LogP contribution in [0, 0.1) is 11.6 Å². The first-order valence-electron chi connectivity index (χ1n) is 8.65. The number of benzene rings is 1. The molecule has 1 aliphatic rings. The number of nitrogens with zero attached hydrogens (tertiary/aromatic N) is 6. The molecule has 5 rings (SSSR count). The third-order valence-corrected chi connectivity index (χ3v) is 5.17. The van der Waals surface area contributed by atoms with Crippen LogP contribution in [0.3, 0.4) is 0 Å². The second-order valence-corrected chi connectivity index (χ2v) is 7.17. The molecule has 0 amide bonds. The fourth-order valence-electron chi connectivity index (χ4n) is 3.62. The summed E-state index contributed by atoms with van der Waals surface area (Å²) in [6.07, 6.45) is 4.94. The maximum atomic E-state index is 14.3. The standard InChI is InChI=1S/C18H13BrF2N6O/c19-18-25-24-17(28-18)12-9-22-27-7-5-15(23-16(12)27)26-6-1-2-14(26)11-8-10(20)3-4-13(11)21/h3-5,7-9,14H,1-2,6H2. The number of anilines is 1. The first kappa shape index (κ1) is 17.2. The van der Waals surface area contributed by atoms with E-state index in [0.29, 0.717) is 35.0 Å². The zero-order valence-electron chi connectivity index (χ0n) is 14.4. The van der Waals surface area contributed by atoms with E-state index in [0.717, 1.165) is 18.9 Å². The largest absolute Gasteiger partial charge is 0.411 e. The van der Waals surface area contributed by atoms with Crippen LogP contribution in [0.5, 0.6) is 0 Å². The quantitative estimate of drug-likeness (QED) is 0.470. The van der Waals surface area contributed by atoms with Gasteiger partial charge in [-0.2, -0.15) is 5.10 Å². The van der Waals surface area contributed by atoms with Crippen LogP contribution in [0.1, 0.15) is 24.4 Å². The Hall–Kier alpha value is -2.88. The third-order valence-electron chi connectivity index (χ3n) is 4.85. The van der Waals surface area contributed by atoms with Gasteiger partial charge in [-0.3, -0.25) is 0 Å². The molecule has 10 heteroatoms. The van der Waals surface area contributed by atoms with Crippen molar-refractivity contribution < 1.29 is 13.2 Å². The first-order chi connectivity index (χ1) is 13.6. The van der Waals surface area contributed by atoms with E-state index in [4.69, 9.17) is 9.40 Å². The van der Waals surface area contributed by atoms with E-state index in [1.54, 1.807) is 16.9 Å². The van der Waals surface area contributed by atoms with Gasteiger partial charge in [0.15, 0.2) is 5.65 Å². The lowest BCUT2D eigenvalue weighted by atomic mass is 10.0. The van der Waals surface area contributed by atoms with Crippen LogP contribution >= 0.6 is 15.9 Å². The van der Waals surface area contributed by atoms with Gasteiger partial charge in [-0.15, -0.1) is 10.2 Å². The van der Waals surface area contributed by atoms with E-state index in [-0.39, 0.29) is 10.8 Å². The normalized spacial score (nSPS) is 17.0. The lowest BCUT2D eigenvalue weighted by Crippen LogP contribution is -2.24. The number of fused-ring (bicyclic) bond motifs is 1. The van der Waals surface area contributed by atoms with Gasteiger partial charge in [-0.25, -0.2) is 18.3 Å². The number of aromatic nitrogens is 5. The summed E-state index contributed by atoms with van der Waals surface area (Å²) in [5.41, 5.74) is 1.47. The number of hydrogen-bond donors (Lipinski definition) is 0. The summed E-state index contributed by atoms with van der Waals surface area (Å²) in [4.78, 5) is 6.95. The van der Waals surface area contributed by atoms with Crippen LogP contribution in [-0.2, 0) is 0 Å². The minimum atomic E-state index is -0.452. The van der Waals surface area contributed by atoms with Crippen LogP contribution in [-0.4, -0.2) is 31.3 Å². The molecule has 1 aromatic carbocycles. The van der Waals surface area contributed by atoms with Gasteiger partial charge in [0.25, 0.3) is 10.7 Å². The molecule has 7 nitrogen and oxygen atoms in total. The van der Waals surface area contributed by atoms with Gasteiger partial charge >= 0.3 is 0 Å². The molecule has 1 aliphatic heterocycles. The molecule has 0 radical (unpaired) electrons. The number of hydrogen-bond acceptors (Lipinski definition) is 6. The molecule has 1 unspecified atom stereocenters. The molecule has 1 saturated heterocycles. The summed E-state index contributed by atoms with van der Waals surface area (Å²) in [6.45, 7) is 0.694. The Labute approximate surface area is 166 Å². The molecule has 1 atom stereocenters. The van der Waals surface area contributed by atoms with Crippen molar-refractivity contribution in [1.82, 2.24) is 24.8 Å². The zero-order valence-corrected chi connectivity index (χ0v) is 16.0. The average Bonchev–Trinajstić information content (AvgIpc) is 3.42. The summed E-state index contributed by atoms with van der Waals surface area (Å²) in [6, 6.07) is 5.08. The van der Waals surface area contributed by atoms with Crippen LogP contribution in [0.25, 0.3) is 17.1 Å². The Morgan fingerprint density at radius 3 is 2.89 bits per heavy atom. The molecule has 4 aromatic rings. The van der Waals surface area contributed by atoms with Gasteiger partial charge in [-0.1, -0.05) is 0 Å². The minimum absolute atomic E-state index is 0.263. The molecule has 142 valence electrons. The summed E-state index contributed by atoms with van der Waals surface area (Å²) < 4.78 is 35.1. The van der Waals surface area contributed by atoms with Gasteiger partial charge in [0, 0.05) is 34.2 Å². The van der Waals surface area contributed by atoms with Crippen molar-refractivity contribution in [2.45, 2.75) is 18.9 Å². The predicted molar refractivity (Wildman–Crippen MR) is 99.7 cm³/mol. The highest BCUT2D eigenvalue weighted by Crippen LogP contribution is 2.37. The topological polar surface area (TPSA) is 72.3 Å². The fraction of sp³-hybridized carbons (Fsp3) is 0.222. The SMILES string of the molecule is Fc1ccc(F)c(C2CCCN2c2ccn3ncc(-c4nnc(Br)o4)c3n2)c1. The van der Waals surface area contributed by atoms with Crippen molar-refractivity contribution in [2.24, 2.45) is 0 Å². The molecule has 0 saturated carbocycles. The van der Waals surface area contributed by atoms with Crippen LogP contribution in [0.15, 0.2) is 45.9 Å². The van der Waals surface area contributed by atoms with Crippen molar-refractivity contribution in [3.8, 4) is 11.5 Å². The average molecular weight is 447 g/mol. The Morgan fingerprint density at radius 2 is 2.07 bits per heavy atom. The lowest BCUT2D eigenvalue weighted by molar-refractivity contribution is 0.541. The molecule has 3 aromatic heterocycles. The lowest BCUT2D eigenvalue weighted by Gasteiger charge is -2.26. The maximum absolute atomic E-state index is 14.3. The van der Waals surface area contributed by atoms with E-state index in [1.165, 1.54) is 12.1 Å². The maximum Gasteiger partial charge on any atom is 0.285 e. The van der Waals surface area contributed by atoms with Crippen molar-refractivity contribution in [1.29, 1.82) is 0 Å². The molecule has 28 heavy (non-hydrogen) atoms. The van der Waals surface area contributed by atoms with Crippen molar-refractivity contribution in [3.63, 3.8) is 0 Å². The molecule has 0 aliphatic carbocycles. The fourth-order valence-corrected chi connectivity index (χ4v) is 3.85. The van der Waals surface area contributed by atoms with Crippen molar-refractivity contribution >= 4 is 27.4 Å². The van der Waals surface area contributed by atoms with Crippen LogP contribution in [0.2, 0.25) is 0 Å². The predicted octanol–water partition coefficient (Wildman–Crippen LogP) is 4.16. The Morgan fingerprint density at radius 1 is 1.18 bits per heavy atom. The Bertz CT molecular complexity index is 1180. The molecular weight excluding hydrogens is 434 g/mol. The summed E-state index contributed by atoms with van der Waals surface area (Å²) >= 11 is 3.13.